The third-order valence-corrected chi connectivity index (χ3v) is 3.20. The number of nitrogens with one attached hydrogen (secondary N) is 1. The minimum atomic E-state index is -1.21. The normalized spacial score (nSPS) is 10.2. The van der Waals surface area contributed by atoms with E-state index in [9.17, 15) is 9.59 Å². The van der Waals surface area contributed by atoms with E-state index in [0.717, 1.165) is 5.56 Å². The fraction of sp³-hybridized carbons (Fsp3) is 0.0769. The molecule has 5 nitrogen and oxygen atoms in total. The van der Waals surface area contributed by atoms with Gasteiger partial charge in [0.2, 0.25) is 5.43 Å². The Kier molecular flexibility index (Phi) is 4.01. The molecule has 1 aromatic heterocycles. The molecule has 0 bridgehead atoms. The number of halogens is 1. The molecule has 2 aromatic rings. The highest BCUT2D eigenvalue weighted by Gasteiger charge is 2.15. The van der Waals surface area contributed by atoms with E-state index in [1.54, 1.807) is 0 Å². The number of hydrogen-bond acceptors (Lipinski definition) is 3. The number of carboxylic acid groups (broad SMARTS) is 1. The molecule has 0 unspecified atom stereocenters. The van der Waals surface area contributed by atoms with Crippen molar-refractivity contribution in [3.8, 4) is 5.75 Å². The molecule has 0 fully saturated rings. The van der Waals surface area contributed by atoms with Crippen molar-refractivity contribution in [3.05, 3.63) is 62.5 Å². The maximum absolute atomic E-state index is 11.9. The van der Waals surface area contributed by atoms with Gasteiger partial charge < -0.3 is 14.8 Å². The SMILES string of the molecule is O=C(O)c1[nH]cc(OCc2ccccc2)c(=O)c1Br. The maximum Gasteiger partial charge on any atom is 0.353 e. The zero-order valence-corrected chi connectivity index (χ0v) is 11.3. The monoisotopic (exact) mass is 323 g/mol. The van der Waals surface area contributed by atoms with E-state index in [0.29, 0.717) is 0 Å². The van der Waals surface area contributed by atoms with E-state index in [2.05, 4.69) is 20.9 Å². The van der Waals surface area contributed by atoms with E-state index in [4.69, 9.17) is 9.84 Å². The van der Waals surface area contributed by atoms with Crippen molar-refractivity contribution in [2.75, 3.05) is 0 Å². The van der Waals surface area contributed by atoms with E-state index in [1.165, 1.54) is 6.20 Å². The van der Waals surface area contributed by atoms with Crippen molar-refractivity contribution >= 4 is 21.9 Å². The Hall–Kier alpha value is -2.08. The van der Waals surface area contributed by atoms with Crippen molar-refractivity contribution in [2.24, 2.45) is 0 Å². The van der Waals surface area contributed by atoms with Gasteiger partial charge in [0.25, 0.3) is 0 Å². The fourth-order valence-corrected chi connectivity index (χ4v) is 1.97. The number of pyridine rings is 1. The summed E-state index contributed by atoms with van der Waals surface area (Å²) in [7, 11) is 0. The number of aromatic nitrogens is 1. The van der Waals surface area contributed by atoms with Crippen LogP contribution >= 0.6 is 15.9 Å². The summed E-state index contributed by atoms with van der Waals surface area (Å²) >= 11 is 2.95. The van der Waals surface area contributed by atoms with Crippen LogP contribution in [-0.4, -0.2) is 16.1 Å². The predicted octanol–water partition coefficient (Wildman–Crippen LogP) is 2.41. The predicted molar refractivity (Wildman–Crippen MR) is 72.5 cm³/mol. The third-order valence-electron chi connectivity index (χ3n) is 2.44. The van der Waals surface area contributed by atoms with Crippen LogP contribution in [0.4, 0.5) is 0 Å². The summed E-state index contributed by atoms with van der Waals surface area (Å²) in [6.07, 6.45) is 1.25. The van der Waals surface area contributed by atoms with Crippen LogP contribution in [-0.2, 0) is 6.61 Å². The standard InChI is InChI=1S/C13H10BrNO4/c14-10-11(13(17)18)15-6-9(12(10)16)19-7-8-4-2-1-3-5-8/h1-6H,7H2,(H,15,16)(H,17,18). The smallest absolute Gasteiger partial charge is 0.353 e. The first-order chi connectivity index (χ1) is 9.09. The van der Waals surface area contributed by atoms with Gasteiger partial charge in [0.15, 0.2) is 5.75 Å². The molecule has 0 radical (unpaired) electrons. The highest BCUT2D eigenvalue weighted by atomic mass is 79.9. The van der Waals surface area contributed by atoms with Crippen molar-refractivity contribution in [1.82, 2.24) is 4.98 Å². The van der Waals surface area contributed by atoms with Crippen LogP contribution in [0.3, 0.4) is 0 Å². The van der Waals surface area contributed by atoms with Gasteiger partial charge in [-0.15, -0.1) is 0 Å². The average Bonchev–Trinajstić information content (AvgIpc) is 2.41. The quantitative estimate of drug-likeness (QED) is 0.905. The van der Waals surface area contributed by atoms with Crippen LogP contribution < -0.4 is 10.2 Å². The first-order valence-corrected chi connectivity index (χ1v) is 6.20. The molecule has 2 N–H and O–H groups in total. The van der Waals surface area contributed by atoms with Crippen LogP contribution in [0.25, 0.3) is 0 Å². The summed E-state index contributed by atoms with van der Waals surface area (Å²) in [6.45, 7) is 0.239. The Labute approximate surface area is 117 Å². The number of rotatable bonds is 4. The van der Waals surface area contributed by atoms with Crippen LogP contribution in [0, 0.1) is 0 Å². The summed E-state index contributed by atoms with van der Waals surface area (Å²) in [5, 5.41) is 8.85. The molecule has 0 atom stereocenters. The second-order valence-electron chi connectivity index (χ2n) is 3.75. The van der Waals surface area contributed by atoms with Crippen molar-refractivity contribution in [3.63, 3.8) is 0 Å². The van der Waals surface area contributed by atoms with Crippen molar-refractivity contribution < 1.29 is 14.6 Å². The zero-order chi connectivity index (χ0) is 13.8. The van der Waals surface area contributed by atoms with Gasteiger partial charge in [-0.25, -0.2) is 4.79 Å². The van der Waals surface area contributed by atoms with Crippen LogP contribution in [0.15, 0.2) is 45.8 Å². The summed E-state index contributed by atoms with van der Waals surface area (Å²) < 4.78 is 5.32. The molecule has 0 aliphatic carbocycles. The van der Waals surface area contributed by atoms with Crippen molar-refractivity contribution in [2.45, 2.75) is 6.61 Å². The molecule has 1 aromatic carbocycles. The summed E-state index contributed by atoms with van der Waals surface area (Å²) in [5.41, 5.74) is 0.226. The fourth-order valence-electron chi connectivity index (χ4n) is 1.49. The largest absolute Gasteiger partial charge is 0.483 e. The number of carboxylic acids is 1. The second kappa shape index (κ2) is 5.71. The molecule has 98 valence electrons. The van der Waals surface area contributed by atoms with Crippen LogP contribution in [0.1, 0.15) is 16.1 Å². The van der Waals surface area contributed by atoms with Crippen molar-refractivity contribution in [1.29, 1.82) is 0 Å². The molecule has 0 spiro atoms. The molecular weight excluding hydrogens is 314 g/mol. The Balaban J connectivity index is 2.21. The number of benzene rings is 1. The van der Waals surface area contributed by atoms with Crippen LogP contribution in [0.5, 0.6) is 5.75 Å². The van der Waals surface area contributed by atoms with Crippen LogP contribution in [0.2, 0.25) is 0 Å². The van der Waals surface area contributed by atoms with Gasteiger partial charge in [-0.1, -0.05) is 30.3 Å². The highest BCUT2D eigenvalue weighted by Crippen LogP contribution is 2.15. The van der Waals surface area contributed by atoms with Gasteiger partial charge in [-0.3, -0.25) is 4.79 Å². The first kappa shape index (κ1) is 13.4. The lowest BCUT2D eigenvalue weighted by Crippen LogP contribution is -2.14. The van der Waals surface area contributed by atoms with Gasteiger partial charge in [0.05, 0.1) is 4.47 Å². The maximum atomic E-state index is 11.9. The Bertz CT molecular complexity index is 651. The number of aromatic amines is 1. The average molecular weight is 324 g/mol. The lowest BCUT2D eigenvalue weighted by molar-refractivity contribution is 0.0689. The molecule has 1 heterocycles. The number of hydrogen-bond donors (Lipinski definition) is 2. The molecular formula is C13H10BrNO4. The molecule has 19 heavy (non-hydrogen) atoms. The number of aromatic carboxylic acids is 1. The van der Waals surface area contributed by atoms with Gasteiger partial charge in [0.1, 0.15) is 12.3 Å². The van der Waals surface area contributed by atoms with Gasteiger partial charge in [-0.05, 0) is 21.5 Å². The zero-order valence-electron chi connectivity index (χ0n) is 9.72. The lowest BCUT2D eigenvalue weighted by Gasteiger charge is -2.07. The lowest BCUT2D eigenvalue weighted by atomic mass is 10.2. The molecule has 2 rings (SSSR count). The Morgan fingerprint density at radius 3 is 2.63 bits per heavy atom. The van der Waals surface area contributed by atoms with Gasteiger partial charge in [0, 0.05) is 6.20 Å². The molecule has 0 saturated carbocycles. The van der Waals surface area contributed by atoms with E-state index in [-0.39, 0.29) is 22.5 Å². The molecule has 0 aliphatic rings. The molecule has 6 heteroatoms. The van der Waals surface area contributed by atoms with Gasteiger partial charge >= 0.3 is 5.97 Å². The molecule has 0 saturated heterocycles. The van der Waals surface area contributed by atoms with E-state index < -0.39 is 11.4 Å². The molecule has 0 amide bonds. The summed E-state index contributed by atoms with van der Waals surface area (Å²) in [6, 6.07) is 9.36. The number of ether oxygens (including phenoxy) is 1. The Morgan fingerprint density at radius 1 is 1.32 bits per heavy atom. The first-order valence-electron chi connectivity index (χ1n) is 5.41. The van der Waals surface area contributed by atoms with E-state index in [1.807, 2.05) is 30.3 Å². The molecule has 0 aliphatic heterocycles. The number of carbonyl (C=O) groups is 1. The minimum Gasteiger partial charge on any atom is -0.483 e. The topological polar surface area (TPSA) is 79.4 Å². The highest BCUT2D eigenvalue weighted by molar-refractivity contribution is 9.10. The minimum absolute atomic E-state index is 0.0504. The third kappa shape index (κ3) is 3.03. The van der Waals surface area contributed by atoms with Gasteiger partial charge in [-0.2, -0.15) is 0 Å². The second-order valence-corrected chi connectivity index (χ2v) is 4.54. The summed E-state index contributed by atoms with van der Waals surface area (Å²) in [4.78, 5) is 25.2. The Morgan fingerprint density at radius 2 is 2.00 bits per heavy atom. The summed E-state index contributed by atoms with van der Waals surface area (Å²) in [5.74, 6) is -1.14. The number of H-pyrrole nitrogens is 1. The van der Waals surface area contributed by atoms with E-state index >= 15 is 0 Å².